The number of hydrogen-bond donors (Lipinski definition) is 0. The fourth-order valence-corrected chi connectivity index (χ4v) is 3.22. The number of piperidine rings is 1. The van der Waals surface area contributed by atoms with Crippen LogP contribution in [-0.4, -0.2) is 49.1 Å². The van der Waals surface area contributed by atoms with Crippen LogP contribution in [0.2, 0.25) is 0 Å². The zero-order chi connectivity index (χ0) is 10.7. The Hall–Kier alpha value is -0.0800. The van der Waals surface area contributed by atoms with Gasteiger partial charge in [-0.05, 0) is 65.7 Å². The first-order valence-corrected chi connectivity index (χ1v) is 6.68. The molecule has 88 valence electrons. The summed E-state index contributed by atoms with van der Waals surface area (Å²) < 4.78 is 0. The van der Waals surface area contributed by atoms with Crippen LogP contribution in [-0.2, 0) is 0 Å². The first-order valence-electron chi connectivity index (χ1n) is 6.68. The smallest absolute Gasteiger partial charge is 0.00964 e. The maximum absolute atomic E-state index is 2.76. The maximum atomic E-state index is 2.76. The van der Waals surface area contributed by atoms with Crippen LogP contribution in [0.1, 0.15) is 44.9 Å². The lowest BCUT2D eigenvalue weighted by atomic mass is 9.88. The monoisotopic (exact) mass is 210 g/mol. The molecular formula is C13H26N2. The van der Waals surface area contributed by atoms with Crippen molar-refractivity contribution < 1.29 is 0 Å². The van der Waals surface area contributed by atoms with Crippen LogP contribution < -0.4 is 0 Å². The van der Waals surface area contributed by atoms with Gasteiger partial charge in [-0.25, -0.2) is 0 Å². The van der Waals surface area contributed by atoms with Gasteiger partial charge >= 0.3 is 0 Å². The summed E-state index contributed by atoms with van der Waals surface area (Å²) in [6, 6.07) is 1.77. The Bertz CT molecular complexity index is 177. The second-order valence-corrected chi connectivity index (χ2v) is 5.52. The van der Waals surface area contributed by atoms with E-state index in [0.717, 1.165) is 12.1 Å². The molecule has 0 bridgehead atoms. The average Bonchev–Trinajstić information content (AvgIpc) is 2.30. The van der Waals surface area contributed by atoms with Gasteiger partial charge in [0, 0.05) is 12.1 Å². The second-order valence-electron chi connectivity index (χ2n) is 5.52. The molecule has 0 atom stereocenters. The van der Waals surface area contributed by atoms with Gasteiger partial charge in [0.1, 0.15) is 0 Å². The molecule has 2 heteroatoms. The molecular weight excluding hydrogens is 184 g/mol. The van der Waals surface area contributed by atoms with Gasteiger partial charge in [0.2, 0.25) is 0 Å². The first kappa shape index (κ1) is 11.4. The Morgan fingerprint density at radius 2 is 1.47 bits per heavy atom. The third kappa shape index (κ3) is 2.94. The quantitative estimate of drug-likeness (QED) is 0.690. The summed E-state index contributed by atoms with van der Waals surface area (Å²) in [6.07, 6.45) is 10.0. The zero-order valence-electron chi connectivity index (χ0n) is 10.4. The number of hydrogen-bond acceptors (Lipinski definition) is 2. The molecule has 0 aromatic rings. The molecule has 0 spiro atoms. The summed E-state index contributed by atoms with van der Waals surface area (Å²) in [5.41, 5.74) is 0. The molecule has 0 amide bonds. The Balaban J connectivity index is 1.77. The Kier molecular flexibility index (Phi) is 4.04. The molecule has 2 nitrogen and oxygen atoms in total. The average molecular weight is 210 g/mol. The second kappa shape index (κ2) is 5.31. The standard InChI is InChI=1S/C13H26N2/c1-14(2)12-6-8-13(9-7-12)15-10-4-3-5-11-15/h12-13H,3-11H2,1-2H3/t12-,13+. The van der Waals surface area contributed by atoms with Crippen LogP contribution in [0.15, 0.2) is 0 Å². The Morgan fingerprint density at radius 3 is 2.00 bits per heavy atom. The molecule has 0 unspecified atom stereocenters. The predicted molar refractivity (Wildman–Crippen MR) is 65.2 cm³/mol. The lowest BCUT2D eigenvalue weighted by Gasteiger charge is -2.40. The van der Waals surface area contributed by atoms with E-state index in [0.29, 0.717) is 0 Å². The minimum Gasteiger partial charge on any atom is -0.306 e. The minimum absolute atomic E-state index is 0.853. The van der Waals surface area contributed by atoms with Crippen molar-refractivity contribution in [1.29, 1.82) is 0 Å². The predicted octanol–water partition coefficient (Wildman–Crippen LogP) is 2.35. The number of nitrogens with zero attached hydrogens (tertiary/aromatic N) is 2. The minimum atomic E-state index is 0.853. The third-order valence-electron chi connectivity index (χ3n) is 4.30. The van der Waals surface area contributed by atoms with E-state index in [2.05, 4.69) is 23.9 Å². The molecule has 0 radical (unpaired) electrons. The lowest BCUT2D eigenvalue weighted by Crippen LogP contribution is -2.44. The summed E-state index contributed by atoms with van der Waals surface area (Å²) in [7, 11) is 4.46. The molecule has 1 saturated heterocycles. The highest BCUT2D eigenvalue weighted by Gasteiger charge is 2.27. The Labute approximate surface area is 94.6 Å². The summed E-state index contributed by atoms with van der Waals surface area (Å²) in [5, 5.41) is 0. The van der Waals surface area contributed by atoms with Crippen LogP contribution in [0.25, 0.3) is 0 Å². The first-order chi connectivity index (χ1) is 7.27. The number of rotatable bonds is 2. The van der Waals surface area contributed by atoms with Crippen molar-refractivity contribution in [3.63, 3.8) is 0 Å². The van der Waals surface area contributed by atoms with Crippen LogP contribution in [0.4, 0.5) is 0 Å². The molecule has 2 aliphatic rings. The number of likely N-dealkylation sites (tertiary alicyclic amines) is 1. The largest absolute Gasteiger partial charge is 0.306 e. The lowest BCUT2D eigenvalue weighted by molar-refractivity contribution is 0.101. The van der Waals surface area contributed by atoms with Crippen molar-refractivity contribution in [2.24, 2.45) is 0 Å². The highest BCUT2D eigenvalue weighted by molar-refractivity contribution is 4.83. The van der Waals surface area contributed by atoms with Crippen LogP contribution in [0, 0.1) is 0 Å². The van der Waals surface area contributed by atoms with Gasteiger partial charge in [-0.15, -0.1) is 0 Å². The molecule has 0 N–H and O–H groups in total. The zero-order valence-corrected chi connectivity index (χ0v) is 10.4. The Morgan fingerprint density at radius 1 is 0.867 bits per heavy atom. The molecule has 1 aliphatic carbocycles. The van der Waals surface area contributed by atoms with Gasteiger partial charge < -0.3 is 9.80 Å². The van der Waals surface area contributed by atoms with Gasteiger partial charge in [0.05, 0.1) is 0 Å². The van der Waals surface area contributed by atoms with Gasteiger partial charge in [-0.2, -0.15) is 0 Å². The molecule has 15 heavy (non-hydrogen) atoms. The van der Waals surface area contributed by atoms with E-state index in [4.69, 9.17) is 0 Å². The van der Waals surface area contributed by atoms with Crippen LogP contribution in [0.3, 0.4) is 0 Å². The van der Waals surface area contributed by atoms with Gasteiger partial charge in [-0.1, -0.05) is 6.42 Å². The van der Waals surface area contributed by atoms with E-state index in [1.807, 2.05) is 0 Å². The van der Waals surface area contributed by atoms with E-state index < -0.39 is 0 Å². The topological polar surface area (TPSA) is 6.48 Å². The van der Waals surface area contributed by atoms with E-state index >= 15 is 0 Å². The third-order valence-corrected chi connectivity index (χ3v) is 4.30. The molecule has 1 heterocycles. The van der Waals surface area contributed by atoms with Gasteiger partial charge in [0.15, 0.2) is 0 Å². The van der Waals surface area contributed by atoms with E-state index in [9.17, 15) is 0 Å². The van der Waals surface area contributed by atoms with Crippen LogP contribution >= 0.6 is 0 Å². The van der Waals surface area contributed by atoms with Crippen molar-refractivity contribution in [2.45, 2.75) is 57.0 Å². The van der Waals surface area contributed by atoms with E-state index in [1.54, 1.807) is 0 Å². The van der Waals surface area contributed by atoms with Crippen molar-refractivity contribution in [2.75, 3.05) is 27.2 Å². The summed E-state index contributed by atoms with van der Waals surface area (Å²) in [6.45, 7) is 2.74. The fourth-order valence-electron chi connectivity index (χ4n) is 3.22. The maximum Gasteiger partial charge on any atom is 0.00964 e. The van der Waals surface area contributed by atoms with E-state index in [1.165, 1.54) is 58.0 Å². The van der Waals surface area contributed by atoms with Gasteiger partial charge in [-0.3, -0.25) is 0 Å². The summed E-state index contributed by atoms with van der Waals surface area (Å²) >= 11 is 0. The van der Waals surface area contributed by atoms with Crippen molar-refractivity contribution in [1.82, 2.24) is 9.80 Å². The van der Waals surface area contributed by atoms with Gasteiger partial charge in [0.25, 0.3) is 0 Å². The fraction of sp³-hybridized carbons (Fsp3) is 1.00. The summed E-state index contributed by atoms with van der Waals surface area (Å²) in [4.78, 5) is 5.17. The van der Waals surface area contributed by atoms with Crippen molar-refractivity contribution in [3.05, 3.63) is 0 Å². The van der Waals surface area contributed by atoms with Crippen molar-refractivity contribution in [3.8, 4) is 0 Å². The summed E-state index contributed by atoms with van der Waals surface area (Å²) in [5.74, 6) is 0. The SMILES string of the molecule is CN(C)[C@H]1CC[C@@H](N2CCCCC2)CC1. The molecule has 0 aromatic heterocycles. The highest BCUT2D eigenvalue weighted by Crippen LogP contribution is 2.27. The molecule has 2 rings (SSSR count). The van der Waals surface area contributed by atoms with Crippen LogP contribution in [0.5, 0.6) is 0 Å². The highest BCUT2D eigenvalue weighted by atomic mass is 15.2. The molecule has 0 aromatic carbocycles. The molecule has 1 saturated carbocycles. The van der Waals surface area contributed by atoms with Crippen molar-refractivity contribution >= 4 is 0 Å². The van der Waals surface area contributed by atoms with E-state index in [-0.39, 0.29) is 0 Å². The molecule has 1 aliphatic heterocycles. The normalized spacial score (nSPS) is 34.6. The molecule has 2 fully saturated rings.